The number of nitrogens with zero attached hydrogens (tertiary/aromatic N) is 4. The molecule has 2 amide bonds. The Hall–Kier alpha value is -1.73. The van der Waals surface area contributed by atoms with E-state index < -0.39 is 0 Å². The highest BCUT2D eigenvalue weighted by atomic mass is 35.5. The number of carbonyl (C=O) groups excluding carboxylic acids is 2. The number of amides is 2. The minimum atomic E-state index is -0.266. The average molecular weight is 420 g/mol. The van der Waals surface area contributed by atoms with E-state index in [-0.39, 0.29) is 42.2 Å². The second-order valence-electron chi connectivity index (χ2n) is 8.85. The number of hydrogen-bond acceptors (Lipinski definition) is 5. The topological polar surface area (TPSA) is 78.4 Å². The second-order valence-corrected chi connectivity index (χ2v) is 8.85. The van der Waals surface area contributed by atoms with Crippen LogP contribution in [0.25, 0.3) is 0 Å². The van der Waals surface area contributed by atoms with Gasteiger partial charge < -0.3 is 15.1 Å². The molecule has 0 saturated carbocycles. The number of likely N-dealkylation sites (tertiary alicyclic amines) is 1. The molecule has 5 heterocycles. The normalized spacial score (nSPS) is 32.3. The second kappa shape index (κ2) is 8.56. The van der Waals surface area contributed by atoms with Crippen LogP contribution in [0.2, 0.25) is 0 Å². The zero-order chi connectivity index (χ0) is 19.1. The van der Waals surface area contributed by atoms with Gasteiger partial charge in [0.25, 0.3) is 0 Å². The van der Waals surface area contributed by atoms with Gasteiger partial charge in [0, 0.05) is 55.8 Å². The molecule has 158 valence electrons. The number of piperidine rings is 4. The van der Waals surface area contributed by atoms with E-state index in [0.29, 0.717) is 18.3 Å². The van der Waals surface area contributed by atoms with Crippen molar-refractivity contribution in [3.8, 4) is 0 Å². The van der Waals surface area contributed by atoms with E-state index in [2.05, 4.69) is 15.3 Å². The third-order valence-corrected chi connectivity index (χ3v) is 7.33. The molecule has 4 aliphatic rings. The van der Waals surface area contributed by atoms with Crippen molar-refractivity contribution in [1.29, 1.82) is 0 Å². The van der Waals surface area contributed by atoms with E-state index in [1.165, 1.54) is 0 Å². The summed E-state index contributed by atoms with van der Waals surface area (Å²) >= 11 is 0. The summed E-state index contributed by atoms with van der Waals surface area (Å²) in [5, 5.41) is 3.53. The highest BCUT2D eigenvalue weighted by Crippen LogP contribution is 2.40. The first-order chi connectivity index (χ1) is 13.7. The zero-order valence-electron chi connectivity index (χ0n) is 16.7. The molecule has 2 bridgehead atoms. The molecule has 0 spiro atoms. The molecule has 4 fully saturated rings. The van der Waals surface area contributed by atoms with E-state index in [1.54, 1.807) is 12.5 Å². The Balaban J connectivity index is 0.00000205. The molecule has 1 N–H and O–H groups in total. The van der Waals surface area contributed by atoms with Crippen molar-refractivity contribution in [2.75, 3.05) is 26.2 Å². The quantitative estimate of drug-likeness (QED) is 0.787. The number of nitrogens with one attached hydrogen (secondary N) is 1. The molecule has 29 heavy (non-hydrogen) atoms. The summed E-state index contributed by atoms with van der Waals surface area (Å²) in [6, 6.07) is 1.96. The van der Waals surface area contributed by atoms with Gasteiger partial charge in [0.2, 0.25) is 11.8 Å². The molecular weight excluding hydrogens is 390 g/mol. The van der Waals surface area contributed by atoms with Crippen molar-refractivity contribution in [3.63, 3.8) is 0 Å². The van der Waals surface area contributed by atoms with Crippen LogP contribution in [0.1, 0.15) is 50.1 Å². The molecule has 4 saturated heterocycles. The molecule has 5 rings (SSSR count). The SMILES string of the molecule is Cl.O=C([C@H]1[C@@H]2CNC[C@@H](C2)[C@@H]2CCCC(=O)N21)N1CCC(c2ccncn2)CC1. The Labute approximate surface area is 178 Å². The molecule has 0 aromatic carbocycles. The van der Waals surface area contributed by atoms with Gasteiger partial charge in [-0.05, 0) is 50.6 Å². The van der Waals surface area contributed by atoms with Crippen LogP contribution in [0, 0.1) is 11.8 Å². The van der Waals surface area contributed by atoms with E-state index in [1.807, 2.05) is 15.9 Å². The standard InChI is InChI=1S/C21H29N5O2.ClH/c27-19-3-1-2-18-15-10-16(12-23-11-15)20(26(18)19)21(28)25-8-5-14(6-9-25)17-4-7-22-13-24-17;/h4,7,13-16,18,20,23H,1-3,5-6,8-12H2;1H/t15-,16+,18+,20-;/m1./s1. The molecule has 0 aliphatic carbocycles. The zero-order valence-corrected chi connectivity index (χ0v) is 17.5. The van der Waals surface area contributed by atoms with Crippen molar-refractivity contribution < 1.29 is 9.59 Å². The van der Waals surface area contributed by atoms with Crippen LogP contribution in [-0.4, -0.2) is 69.8 Å². The van der Waals surface area contributed by atoms with Crippen LogP contribution in [0.3, 0.4) is 0 Å². The van der Waals surface area contributed by atoms with Crippen molar-refractivity contribution in [2.45, 2.75) is 56.5 Å². The number of rotatable bonds is 2. The van der Waals surface area contributed by atoms with E-state index in [4.69, 9.17) is 0 Å². The Kier molecular flexibility index (Phi) is 6.06. The number of fused-ring (bicyclic) bond motifs is 4. The van der Waals surface area contributed by atoms with Gasteiger partial charge in [0.1, 0.15) is 12.4 Å². The minimum absolute atomic E-state index is 0. The predicted octanol–water partition coefficient (Wildman–Crippen LogP) is 1.59. The molecule has 0 radical (unpaired) electrons. The Morgan fingerprint density at radius 2 is 1.93 bits per heavy atom. The monoisotopic (exact) mass is 419 g/mol. The van der Waals surface area contributed by atoms with Gasteiger partial charge in [0.05, 0.1) is 0 Å². The lowest BCUT2D eigenvalue weighted by Crippen LogP contribution is -2.68. The lowest BCUT2D eigenvalue weighted by molar-refractivity contribution is -0.162. The maximum absolute atomic E-state index is 13.6. The third-order valence-electron chi connectivity index (χ3n) is 7.33. The van der Waals surface area contributed by atoms with Gasteiger partial charge in [-0.3, -0.25) is 9.59 Å². The highest BCUT2D eigenvalue weighted by molar-refractivity contribution is 5.89. The summed E-state index contributed by atoms with van der Waals surface area (Å²) in [5.74, 6) is 1.53. The van der Waals surface area contributed by atoms with Gasteiger partial charge in [-0.15, -0.1) is 12.4 Å². The molecule has 0 unspecified atom stereocenters. The molecule has 1 aromatic rings. The first-order valence-corrected chi connectivity index (χ1v) is 10.8. The number of halogens is 1. The van der Waals surface area contributed by atoms with Crippen LogP contribution in [0.4, 0.5) is 0 Å². The van der Waals surface area contributed by atoms with E-state index >= 15 is 0 Å². The van der Waals surface area contributed by atoms with Gasteiger partial charge in [-0.1, -0.05) is 0 Å². The number of aromatic nitrogens is 2. The molecule has 4 atom stereocenters. The maximum Gasteiger partial charge on any atom is 0.245 e. The summed E-state index contributed by atoms with van der Waals surface area (Å²) in [4.78, 5) is 38.8. The summed E-state index contributed by atoms with van der Waals surface area (Å²) in [7, 11) is 0. The average Bonchev–Trinajstić information content (AvgIpc) is 2.75. The first-order valence-electron chi connectivity index (χ1n) is 10.8. The fourth-order valence-corrected chi connectivity index (χ4v) is 5.96. The van der Waals surface area contributed by atoms with Crippen molar-refractivity contribution in [1.82, 2.24) is 25.1 Å². The van der Waals surface area contributed by atoms with Gasteiger partial charge in [-0.25, -0.2) is 9.97 Å². The molecule has 1 aromatic heterocycles. The van der Waals surface area contributed by atoms with Crippen molar-refractivity contribution in [2.24, 2.45) is 11.8 Å². The largest absolute Gasteiger partial charge is 0.341 e. The van der Waals surface area contributed by atoms with Crippen LogP contribution < -0.4 is 5.32 Å². The molecule has 7 nitrogen and oxygen atoms in total. The first kappa shape index (κ1) is 20.5. The number of hydrogen-bond donors (Lipinski definition) is 1. The summed E-state index contributed by atoms with van der Waals surface area (Å²) in [6.07, 6.45) is 8.94. The fraction of sp³-hybridized carbons (Fsp3) is 0.714. The summed E-state index contributed by atoms with van der Waals surface area (Å²) in [6.45, 7) is 3.33. The lowest BCUT2D eigenvalue weighted by atomic mass is 9.72. The van der Waals surface area contributed by atoms with Gasteiger partial charge in [-0.2, -0.15) is 0 Å². The van der Waals surface area contributed by atoms with Gasteiger partial charge in [0.15, 0.2) is 0 Å². The maximum atomic E-state index is 13.6. The number of carbonyl (C=O) groups is 2. The van der Waals surface area contributed by atoms with Crippen molar-refractivity contribution >= 4 is 24.2 Å². The Morgan fingerprint density at radius 3 is 2.69 bits per heavy atom. The third kappa shape index (κ3) is 3.75. The Morgan fingerprint density at radius 1 is 1.14 bits per heavy atom. The predicted molar refractivity (Wildman–Crippen MR) is 111 cm³/mol. The van der Waals surface area contributed by atoms with Crippen LogP contribution in [0.5, 0.6) is 0 Å². The molecular formula is C21H30ClN5O2. The Bertz CT molecular complexity index is 740. The highest BCUT2D eigenvalue weighted by Gasteiger charge is 2.51. The lowest BCUT2D eigenvalue weighted by Gasteiger charge is -2.54. The molecule has 4 aliphatic heterocycles. The minimum Gasteiger partial charge on any atom is -0.341 e. The molecule has 8 heteroatoms. The van der Waals surface area contributed by atoms with Crippen molar-refractivity contribution in [3.05, 3.63) is 24.3 Å². The smallest absolute Gasteiger partial charge is 0.245 e. The van der Waals surface area contributed by atoms with E-state index in [0.717, 1.165) is 64.0 Å². The fourth-order valence-electron chi connectivity index (χ4n) is 5.96. The van der Waals surface area contributed by atoms with Crippen LogP contribution in [0.15, 0.2) is 18.6 Å². The summed E-state index contributed by atoms with van der Waals surface area (Å²) < 4.78 is 0. The van der Waals surface area contributed by atoms with Crippen LogP contribution >= 0.6 is 12.4 Å². The van der Waals surface area contributed by atoms with E-state index in [9.17, 15) is 9.59 Å². The van der Waals surface area contributed by atoms with Crippen LogP contribution in [-0.2, 0) is 9.59 Å². The van der Waals surface area contributed by atoms with Gasteiger partial charge >= 0.3 is 0 Å². The summed E-state index contributed by atoms with van der Waals surface area (Å²) in [5.41, 5.74) is 1.07.